The molecule has 198 valence electrons. The number of likely N-dealkylation sites (tertiary alicyclic amines) is 1. The van der Waals surface area contributed by atoms with E-state index in [4.69, 9.17) is 0 Å². The van der Waals surface area contributed by atoms with Gasteiger partial charge in [-0.3, -0.25) is 14.5 Å². The zero-order chi connectivity index (χ0) is 24.1. The smallest absolute Gasteiger partial charge is 0.251 e. The van der Waals surface area contributed by atoms with Crippen LogP contribution in [0.4, 0.5) is 10.1 Å². The lowest BCUT2D eigenvalue weighted by molar-refractivity contribution is -0.113. The number of hydrogen-bond donors (Lipinski definition) is 3. The third-order valence-corrected chi connectivity index (χ3v) is 8.04. The summed E-state index contributed by atoms with van der Waals surface area (Å²) in [5.41, 5.74) is 2.55. The Morgan fingerprint density at radius 2 is 1.97 bits per heavy atom. The highest BCUT2D eigenvalue weighted by molar-refractivity contribution is 8.00. The molecule has 0 bridgehead atoms. The number of halogens is 3. The van der Waals surface area contributed by atoms with Gasteiger partial charge < -0.3 is 20.3 Å². The van der Waals surface area contributed by atoms with Crippen molar-refractivity contribution in [2.45, 2.75) is 42.6 Å². The van der Waals surface area contributed by atoms with Gasteiger partial charge in [0.05, 0.1) is 28.8 Å². The maximum absolute atomic E-state index is 14.8. The van der Waals surface area contributed by atoms with Crippen molar-refractivity contribution in [1.29, 1.82) is 0 Å². The van der Waals surface area contributed by atoms with Gasteiger partial charge in [0.2, 0.25) is 5.91 Å². The summed E-state index contributed by atoms with van der Waals surface area (Å²) >= 11 is 1.37. The van der Waals surface area contributed by atoms with E-state index in [1.54, 1.807) is 16.7 Å². The van der Waals surface area contributed by atoms with Crippen LogP contribution in [0.3, 0.4) is 0 Å². The predicted molar refractivity (Wildman–Crippen MR) is 144 cm³/mol. The molecule has 13 heteroatoms. The summed E-state index contributed by atoms with van der Waals surface area (Å²) in [5.74, 6) is -0.125. The number of benzene rings is 1. The van der Waals surface area contributed by atoms with Gasteiger partial charge in [-0.05, 0) is 42.6 Å². The first kappa shape index (κ1) is 27.7. The van der Waals surface area contributed by atoms with E-state index >= 15 is 0 Å². The van der Waals surface area contributed by atoms with Crippen molar-refractivity contribution in [2.24, 2.45) is 0 Å². The first-order valence-electron chi connectivity index (χ1n) is 11.7. The van der Waals surface area contributed by atoms with Crippen LogP contribution in [0.15, 0.2) is 40.2 Å². The van der Waals surface area contributed by atoms with E-state index in [1.807, 2.05) is 6.07 Å². The topological polar surface area (TPSA) is 112 Å². The van der Waals surface area contributed by atoms with Crippen LogP contribution < -0.4 is 16.2 Å². The molecule has 1 fully saturated rings. The van der Waals surface area contributed by atoms with Crippen molar-refractivity contribution < 1.29 is 14.3 Å². The molecule has 0 spiro atoms. The number of thioether (sulfide) groups is 1. The molecule has 3 aliphatic heterocycles. The van der Waals surface area contributed by atoms with Crippen molar-refractivity contribution in [1.82, 2.24) is 25.0 Å². The van der Waals surface area contributed by atoms with E-state index < -0.39 is 6.10 Å². The summed E-state index contributed by atoms with van der Waals surface area (Å²) in [4.78, 5) is 26.1. The lowest BCUT2D eigenvalue weighted by atomic mass is 9.96. The molecule has 2 aromatic heterocycles. The largest absolute Gasteiger partial charge is 0.390 e. The summed E-state index contributed by atoms with van der Waals surface area (Å²) in [5, 5.41) is 27.0. The van der Waals surface area contributed by atoms with Gasteiger partial charge in [-0.15, -0.1) is 29.9 Å². The van der Waals surface area contributed by atoms with Crippen LogP contribution in [0.1, 0.15) is 23.6 Å². The molecule has 0 radical (unpaired) electrons. The molecule has 3 N–H and O–H groups in total. The number of hydrogen-bond acceptors (Lipinski definition) is 8. The maximum atomic E-state index is 14.8. The monoisotopic (exact) mass is 568 g/mol. The van der Waals surface area contributed by atoms with Crippen LogP contribution >= 0.6 is 36.6 Å². The number of β-amino-alcohol motifs (C(OH)–C–C–N with tert-alkyl or cyclic N) is 1. The van der Waals surface area contributed by atoms with E-state index in [0.717, 1.165) is 18.4 Å². The van der Waals surface area contributed by atoms with E-state index in [0.29, 0.717) is 59.4 Å². The summed E-state index contributed by atoms with van der Waals surface area (Å²) in [6.07, 6.45) is 0.120. The van der Waals surface area contributed by atoms with E-state index in [-0.39, 0.29) is 54.1 Å². The fraction of sp³-hybridized carbons (Fsp3) is 0.417. The second-order valence-electron chi connectivity index (χ2n) is 9.37. The number of nitrogens with zero attached hydrogens (tertiary/aromatic N) is 4. The van der Waals surface area contributed by atoms with Crippen molar-refractivity contribution in [3.8, 4) is 0 Å². The second kappa shape index (κ2) is 11.2. The van der Waals surface area contributed by atoms with Gasteiger partial charge in [-0.25, -0.2) is 4.39 Å². The molecular weight excluding hydrogens is 542 g/mol. The summed E-state index contributed by atoms with van der Waals surface area (Å²) in [7, 11) is 0. The Labute approximate surface area is 229 Å². The van der Waals surface area contributed by atoms with Crippen molar-refractivity contribution in [3.63, 3.8) is 0 Å². The van der Waals surface area contributed by atoms with Crippen LogP contribution in [0, 0.1) is 5.82 Å². The molecule has 6 rings (SSSR count). The fourth-order valence-corrected chi connectivity index (χ4v) is 6.10. The van der Waals surface area contributed by atoms with Gasteiger partial charge in [0.15, 0.2) is 0 Å². The predicted octanol–water partition coefficient (Wildman–Crippen LogP) is 2.14. The van der Waals surface area contributed by atoms with E-state index in [9.17, 15) is 19.1 Å². The van der Waals surface area contributed by atoms with Crippen molar-refractivity contribution in [2.75, 3.05) is 30.7 Å². The van der Waals surface area contributed by atoms with Crippen LogP contribution in [-0.2, 0) is 17.9 Å². The molecule has 3 aliphatic rings. The highest BCUT2D eigenvalue weighted by Crippen LogP contribution is 2.35. The zero-order valence-electron chi connectivity index (χ0n) is 19.7. The Balaban J connectivity index is 0.00000160. The summed E-state index contributed by atoms with van der Waals surface area (Å²) in [6.45, 7) is 2.66. The number of aromatic nitrogens is 3. The summed E-state index contributed by atoms with van der Waals surface area (Å²) in [6, 6.07) is 8.18. The Bertz CT molecular complexity index is 1390. The van der Waals surface area contributed by atoms with Gasteiger partial charge in [-0.1, -0.05) is 11.8 Å². The molecule has 1 unspecified atom stereocenters. The minimum Gasteiger partial charge on any atom is -0.390 e. The normalized spacial score (nSPS) is 22.6. The lowest BCUT2D eigenvalue weighted by Gasteiger charge is -2.37. The third kappa shape index (κ3) is 5.34. The van der Waals surface area contributed by atoms with Crippen LogP contribution in [0.2, 0.25) is 0 Å². The standard InChI is InChI=1S/C24H25FN6O3S.2ClH/c25-16-3-1-13-2-4-21(34)31-10-14(22(16)23(13)31)9-30-6-5-17(19(32)11-30)26-8-15-7-18-24(29-28-15)35-12-20(33)27-18;;/h1-4,7,14,17,19,26,32H,5-6,8-12H2,(H,27,33);2*1H/t14?,17-,19+;;/m0../s1. The van der Waals surface area contributed by atoms with Crippen LogP contribution in [-0.4, -0.2) is 68.2 Å². The average Bonchev–Trinajstić information content (AvgIpc) is 3.23. The van der Waals surface area contributed by atoms with Crippen molar-refractivity contribution in [3.05, 3.63) is 57.8 Å². The Hall–Kier alpha value is -2.28. The quantitative estimate of drug-likeness (QED) is 0.429. The average molecular weight is 569 g/mol. The number of aliphatic hydroxyl groups excluding tert-OH is 1. The highest BCUT2D eigenvalue weighted by atomic mass is 35.5. The number of nitrogens with one attached hydrogen (secondary N) is 2. The molecule has 0 aliphatic carbocycles. The maximum Gasteiger partial charge on any atom is 0.251 e. The highest BCUT2D eigenvalue weighted by Gasteiger charge is 2.33. The zero-order valence-corrected chi connectivity index (χ0v) is 22.2. The Morgan fingerprint density at radius 1 is 1.16 bits per heavy atom. The molecule has 1 saturated heterocycles. The number of aliphatic hydroxyl groups is 1. The number of anilines is 1. The van der Waals surface area contributed by atoms with E-state index in [1.165, 1.54) is 23.9 Å². The Morgan fingerprint density at radius 3 is 2.78 bits per heavy atom. The molecule has 1 amide bonds. The molecule has 3 aromatic rings. The number of amides is 1. The van der Waals surface area contributed by atoms with Gasteiger partial charge in [0, 0.05) is 49.8 Å². The molecule has 3 atom stereocenters. The number of carbonyl (C=O) groups excluding carboxylic acids is 1. The first-order chi connectivity index (χ1) is 17.0. The fourth-order valence-electron chi connectivity index (χ4n) is 5.40. The molecule has 5 heterocycles. The lowest BCUT2D eigenvalue weighted by Crippen LogP contribution is -2.53. The number of carbonyl (C=O) groups is 1. The third-order valence-electron chi connectivity index (χ3n) is 7.06. The first-order valence-corrected chi connectivity index (χ1v) is 12.7. The molecule has 0 saturated carbocycles. The minimum absolute atomic E-state index is 0. The number of fused-ring (bicyclic) bond motifs is 1. The SMILES string of the molecule is Cl.Cl.O=C1CSc2nnc(CN[C@H]3CCN(CC4Cn5c(=O)ccc6ccc(F)c4c65)C[C@H]3O)cc2N1. The molecule has 1 aromatic carbocycles. The number of piperidine rings is 1. The number of rotatable bonds is 5. The van der Waals surface area contributed by atoms with Gasteiger partial charge in [0.1, 0.15) is 10.8 Å². The molecule has 9 nitrogen and oxygen atoms in total. The van der Waals surface area contributed by atoms with Crippen LogP contribution in [0.5, 0.6) is 0 Å². The second-order valence-corrected chi connectivity index (χ2v) is 10.3. The Kier molecular flexibility index (Phi) is 8.41. The van der Waals surface area contributed by atoms with Gasteiger partial charge >= 0.3 is 0 Å². The van der Waals surface area contributed by atoms with Gasteiger partial charge in [0.25, 0.3) is 5.56 Å². The summed E-state index contributed by atoms with van der Waals surface area (Å²) < 4.78 is 16.5. The minimum atomic E-state index is -0.600. The molecular formula is C24H27Cl2FN6O3S. The molecule has 37 heavy (non-hydrogen) atoms. The van der Waals surface area contributed by atoms with Gasteiger partial charge in [-0.2, -0.15) is 5.10 Å². The number of pyridine rings is 1. The van der Waals surface area contributed by atoms with Crippen LogP contribution in [0.25, 0.3) is 10.9 Å². The van der Waals surface area contributed by atoms with Crippen molar-refractivity contribution >= 4 is 59.1 Å². The van der Waals surface area contributed by atoms with E-state index in [2.05, 4.69) is 25.7 Å².